The SMILES string of the molecule is CCn1cc(NS(=O)(=O)c2ccc(Cl)c(N)c2)cn1. The molecule has 0 atom stereocenters. The van der Waals surface area contributed by atoms with Crippen LogP contribution in [0.3, 0.4) is 0 Å². The Hall–Kier alpha value is -1.73. The lowest BCUT2D eigenvalue weighted by Crippen LogP contribution is -2.12. The molecule has 1 heterocycles. The quantitative estimate of drug-likeness (QED) is 0.844. The molecule has 6 nitrogen and oxygen atoms in total. The Morgan fingerprint density at radius 2 is 2.21 bits per heavy atom. The fourth-order valence-electron chi connectivity index (χ4n) is 1.49. The highest BCUT2D eigenvalue weighted by atomic mass is 35.5. The van der Waals surface area contributed by atoms with Crippen LogP contribution in [-0.4, -0.2) is 18.2 Å². The number of hydrogen-bond acceptors (Lipinski definition) is 4. The summed E-state index contributed by atoms with van der Waals surface area (Å²) in [5.41, 5.74) is 6.21. The summed E-state index contributed by atoms with van der Waals surface area (Å²) in [6, 6.07) is 4.15. The van der Waals surface area contributed by atoms with Gasteiger partial charge in [0, 0.05) is 12.7 Å². The molecule has 2 aromatic rings. The van der Waals surface area contributed by atoms with Gasteiger partial charge in [-0.15, -0.1) is 0 Å². The van der Waals surface area contributed by atoms with Crippen molar-refractivity contribution in [3.8, 4) is 0 Å². The number of benzene rings is 1. The van der Waals surface area contributed by atoms with Crippen molar-refractivity contribution in [3.05, 3.63) is 35.6 Å². The summed E-state index contributed by atoms with van der Waals surface area (Å²) >= 11 is 5.76. The second-order valence-corrected chi connectivity index (χ2v) is 5.96. The number of hydrogen-bond donors (Lipinski definition) is 2. The third-order valence-electron chi connectivity index (χ3n) is 2.49. The maximum absolute atomic E-state index is 12.1. The van der Waals surface area contributed by atoms with Gasteiger partial charge in [-0.05, 0) is 25.1 Å². The van der Waals surface area contributed by atoms with Crippen molar-refractivity contribution >= 4 is 33.0 Å². The standard InChI is InChI=1S/C11H13ClN4O2S/c1-2-16-7-8(6-14-16)15-19(17,18)9-3-4-10(12)11(13)5-9/h3-7,15H,2,13H2,1H3. The summed E-state index contributed by atoms with van der Waals surface area (Å²) in [5.74, 6) is 0. The van der Waals surface area contributed by atoms with Crippen LogP contribution < -0.4 is 10.5 Å². The fraction of sp³-hybridized carbons (Fsp3) is 0.182. The number of anilines is 2. The summed E-state index contributed by atoms with van der Waals surface area (Å²) in [5, 5.41) is 4.31. The molecule has 0 fully saturated rings. The van der Waals surface area contributed by atoms with Crippen molar-refractivity contribution in [2.24, 2.45) is 0 Å². The molecule has 0 radical (unpaired) electrons. The van der Waals surface area contributed by atoms with Gasteiger partial charge in [0.05, 0.1) is 27.5 Å². The molecule has 1 aromatic heterocycles. The zero-order valence-corrected chi connectivity index (χ0v) is 11.7. The highest BCUT2D eigenvalue weighted by Crippen LogP contribution is 2.23. The molecule has 102 valence electrons. The van der Waals surface area contributed by atoms with Crippen molar-refractivity contribution in [2.75, 3.05) is 10.5 Å². The van der Waals surface area contributed by atoms with Gasteiger partial charge in [0.25, 0.3) is 10.0 Å². The van der Waals surface area contributed by atoms with Gasteiger partial charge >= 0.3 is 0 Å². The second kappa shape index (κ2) is 5.10. The Labute approximate surface area is 116 Å². The molecule has 1 aromatic carbocycles. The number of halogens is 1. The number of nitrogens with two attached hydrogens (primary N) is 1. The summed E-state index contributed by atoms with van der Waals surface area (Å²) < 4.78 is 28.3. The highest BCUT2D eigenvalue weighted by molar-refractivity contribution is 7.92. The van der Waals surface area contributed by atoms with E-state index in [0.29, 0.717) is 17.3 Å². The first-order chi connectivity index (χ1) is 8.92. The van der Waals surface area contributed by atoms with E-state index in [4.69, 9.17) is 17.3 Å². The van der Waals surface area contributed by atoms with Gasteiger partial charge in [-0.2, -0.15) is 5.10 Å². The Morgan fingerprint density at radius 3 is 2.79 bits per heavy atom. The van der Waals surface area contributed by atoms with Crippen molar-refractivity contribution in [3.63, 3.8) is 0 Å². The number of sulfonamides is 1. The maximum atomic E-state index is 12.1. The smallest absolute Gasteiger partial charge is 0.262 e. The molecule has 0 aliphatic heterocycles. The minimum absolute atomic E-state index is 0.0543. The molecule has 0 aliphatic carbocycles. The first kappa shape index (κ1) is 13.7. The van der Waals surface area contributed by atoms with Crippen molar-refractivity contribution in [1.82, 2.24) is 9.78 Å². The van der Waals surface area contributed by atoms with Crippen LogP contribution in [0.2, 0.25) is 5.02 Å². The first-order valence-electron chi connectivity index (χ1n) is 5.52. The van der Waals surface area contributed by atoms with E-state index < -0.39 is 10.0 Å². The van der Waals surface area contributed by atoms with Gasteiger partial charge in [0.1, 0.15) is 0 Å². The number of rotatable bonds is 4. The lowest BCUT2D eigenvalue weighted by Gasteiger charge is -2.07. The Kier molecular flexibility index (Phi) is 3.68. The Balaban J connectivity index is 2.29. The van der Waals surface area contributed by atoms with Gasteiger partial charge in [0.15, 0.2) is 0 Å². The normalized spacial score (nSPS) is 11.5. The molecule has 8 heteroatoms. The van der Waals surface area contributed by atoms with E-state index in [1.807, 2.05) is 6.92 Å². The van der Waals surface area contributed by atoms with Crippen molar-refractivity contribution in [1.29, 1.82) is 0 Å². The van der Waals surface area contributed by atoms with E-state index in [1.165, 1.54) is 24.4 Å². The van der Waals surface area contributed by atoms with Crippen molar-refractivity contribution in [2.45, 2.75) is 18.4 Å². The molecular weight excluding hydrogens is 288 g/mol. The largest absolute Gasteiger partial charge is 0.397 e. The average molecular weight is 301 g/mol. The lowest BCUT2D eigenvalue weighted by atomic mass is 10.3. The second-order valence-electron chi connectivity index (χ2n) is 3.87. The van der Waals surface area contributed by atoms with E-state index in [1.54, 1.807) is 10.9 Å². The van der Waals surface area contributed by atoms with Crippen LogP contribution in [0.4, 0.5) is 11.4 Å². The number of aryl methyl sites for hydroxylation is 1. The molecule has 0 aliphatic rings. The molecular formula is C11H13ClN4O2S. The zero-order valence-electron chi connectivity index (χ0n) is 10.2. The molecule has 0 spiro atoms. The van der Waals surface area contributed by atoms with E-state index in [-0.39, 0.29) is 10.6 Å². The lowest BCUT2D eigenvalue weighted by molar-refractivity contribution is 0.601. The van der Waals surface area contributed by atoms with Crippen LogP contribution in [0, 0.1) is 0 Å². The van der Waals surface area contributed by atoms with Crippen LogP contribution in [0.1, 0.15) is 6.92 Å². The molecule has 0 saturated heterocycles. The van der Waals surface area contributed by atoms with Crippen LogP contribution in [0.15, 0.2) is 35.5 Å². The molecule has 2 rings (SSSR count). The third-order valence-corrected chi connectivity index (χ3v) is 4.21. The summed E-state index contributed by atoms with van der Waals surface area (Å²) in [4.78, 5) is 0.0543. The molecule has 0 saturated carbocycles. The van der Waals surface area contributed by atoms with Gasteiger partial charge in [-0.3, -0.25) is 9.40 Å². The monoisotopic (exact) mass is 300 g/mol. The summed E-state index contributed by atoms with van der Waals surface area (Å²) in [6.45, 7) is 2.57. The van der Waals surface area contributed by atoms with E-state index in [2.05, 4.69) is 9.82 Å². The van der Waals surface area contributed by atoms with Gasteiger partial charge in [0.2, 0.25) is 0 Å². The topological polar surface area (TPSA) is 90.0 Å². The van der Waals surface area contributed by atoms with Gasteiger partial charge < -0.3 is 5.73 Å². The fourth-order valence-corrected chi connectivity index (χ4v) is 2.67. The third kappa shape index (κ3) is 2.99. The van der Waals surface area contributed by atoms with E-state index in [0.717, 1.165) is 0 Å². The van der Waals surface area contributed by atoms with Gasteiger partial charge in [-0.25, -0.2) is 8.42 Å². The Bertz CT molecular complexity index is 696. The van der Waals surface area contributed by atoms with E-state index >= 15 is 0 Å². The van der Waals surface area contributed by atoms with Gasteiger partial charge in [-0.1, -0.05) is 11.6 Å². The number of nitrogen functional groups attached to an aromatic ring is 1. The molecule has 0 bridgehead atoms. The summed E-state index contributed by atoms with van der Waals surface area (Å²) in [6.07, 6.45) is 3.05. The molecule has 19 heavy (non-hydrogen) atoms. The summed E-state index contributed by atoms with van der Waals surface area (Å²) in [7, 11) is -3.69. The van der Waals surface area contributed by atoms with Crippen molar-refractivity contribution < 1.29 is 8.42 Å². The van der Waals surface area contributed by atoms with E-state index in [9.17, 15) is 8.42 Å². The molecule has 3 N–H and O–H groups in total. The number of aromatic nitrogens is 2. The number of nitrogens with zero attached hydrogens (tertiary/aromatic N) is 2. The average Bonchev–Trinajstić information content (AvgIpc) is 2.79. The minimum Gasteiger partial charge on any atom is -0.397 e. The first-order valence-corrected chi connectivity index (χ1v) is 7.39. The predicted molar refractivity (Wildman–Crippen MR) is 74.6 cm³/mol. The van der Waals surface area contributed by atoms with Crippen LogP contribution in [0.5, 0.6) is 0 Å². The Morgan fingerprint density at radius 1 is 1.47 bits per heavy atom. The number of nitrogens with one attached hydrogen (secondary N) is 1. The maximum Gasteiger partial charge on any atom is 0.262 e. The van der Waals surface area contributed by atoms with Crippen LogP contribution >= 0.6 is 11.6 Å². The molecule has 0 unspecified atom stereocenters. The highest BCUT2D eigenvalue weighted by Gasteiger charge is 2.16. The zero-order chi connectivity index (χ0) is 14.0. The minimum atomic E-state index is -3.69. The molecule has 0 amide bonds. The predicted octanol–water partition coefficient (Wildman–Crippen LogP) is 1.94. The van der Waals surface area contributed by atoms with Crippen LogP contribution in [-0.2, 0) is 16.6 Å². The van der Waals surface area contributed by atoms with Crippen LogP contribution in [0.25, 0.3) is 0 Å².